The lowest BCUT2D eigenvalue weighted by Crippen LogP contribution is -2.04. The van der Waals surface area contributed by atoms with Gasteiger partial charge in [0.1, 0.15) is 22.2 Å². The molecular weight excluding hydrogens is 338 g/mol. The molecule has 0 bridgehead atoms. The van der Waals surface area contributed by atoms with E-state index < -0.39 is 0 Å². The van der Waals surface area contributed by atoms with Gasteiger partial charge in [-0.15, -0.1) is 0 Å². The Hall–Kier alpha value is -2.99. The topological polar surface area (TPSA) is 76.5 Å². The zero-order valence-corrected chi connectivity index (χ0v) is 14.4. The van der Waals surface area contributed by atoms with Crippen molar-refractivity contribution < 1.29 is 0 Å². The maximum Gasteiger partial charge on any atom is 0.191 e. The van der Waals surface area contributed by atoms with Crippen molar-refractivity contribution in [1.29, 1.82) is 0 Å². The lowest BCUT2D eigenvalue weighted by atomic mass is 10.0. The predicted molar refractivity (Wildman–Crippen MR) is 97.5 cm³/mol. The van der Waals surface area contributed by atoms with E-state index in [-0.39, 0.29) is 5.43 Å². The van der Waals surface area contributed by atoms with Crippen LogP contribution in [-0.4, -0.2) is 24.7 Å². The summed E-state index contributed by atoms with van der Waals surface area (Å²) in [5.74, 6) is 0. The second kappa shape index (κ2) is 5.82. The Kier molecular flexibility index (Phi) is 3.62. The van der Waals surface area contributed by atoms with Crippen molar-refractivity contribution in [2.45, 2.75) is 6.92 Å². The molecule has 7 heteroatoms. The van der Waals surface area contributed by atoms with E-state index in [1.807, 2.05) is 38.4 Å². The molecule has 4 rings (SSSR count). The monoisotopic (exact) mass is 351 g/mol. The highest BCUT2D eigenvalue weighted by Gasteiger charge is 2.16. The summed E-state index contributed by atoms with van der Waals surface area (Å²) in [5.41, 5.74) is 4.25. The van der Waals surface area contributed by atoms with E-state index in [1.165, 1.54) is 6.07 Å². The quantitative estimate of drug-likeness (QED) is 0.562. The van der Waals surface area contributed by atoms with E-state index in [2.05, 4.69) is 20.1 Å². The molecule has 0 aliphatic rings. The summed E-state index contributed by atoms with van der Waals surface area (Å²) in [4.78, 5) is 24.1. The molecule has 6 nitrogen and oxygen atoms in total. The van der Waals surface area contributed by atoms with Crippen molar-refractivity contribution in [3.8, 4) is 22.5 Å². The molecule has 0 aliphatic heterocycles. The predicted octanol–water partition coefficient (Wildman–Crippen LogP) is 3.35. The first-order valence-corrected chi connectivity index (χ1v) is 8.06. The zero-order valence-electron chi connectivity index (χ0n) is 13.6. The molecule has 4 heterocycles. The highest BCUT2D eigenvalue weighted by Crippen LogP contribution is 2.32. The van der Waals surface area contributed by atoms with E-state index in [0.717, 1.165) is 22.5 Å². The van der Waals surface area contributed by atoms with Crippen molar-refractivity contribution in [3.05, 3.63) is 63.8 Å². The van der Waals surface area contributed by atoms with Crippen LogP contribution in [0.1, 0.15) is 5.69 Å². The van der Waals surface area contributed by atoms with Crippen LogP contribution in [0.3, 0.4) is 0 Å². The van der Waals surface area contributed by atoms with E-state index in [4.69, 9.17) is 11.6 Å². The SMILES string of the molecule is Cc1cc(-c2cc3c(=O)cc[nH]c3nc2-c2ccn(C)n2)cc(Cl)n1. The van der Waals surface area contributed by atoms with Gasteiger partial charge in [0.25, 0.3) is 0 Å². The first-order chi connectivity index (χ1) is 12.0. The lowest BCUT2D eigenvalue weighted by Gasteiger charge is -2.10. The molecule has 0 aliphatic carbocycles. The summed E-state index contributed by atoms with van der Waals surface area (Å²) in [5, 5.41) is 5.36. The fourth-order valence-electron chi connectivity index (χ4n) is 2.84. The van der Waals surface area contributed by atoms with Crippen LogP contribution >= 0.6 is 11.6 Å². The normalized spacial score (nSPS) is 11.2. The molecular formula is C18H14ClN5O. The van der Waals surface area contributed by atoms with Crippen molar-refractivity contribution >= 4 is 22.6 Å². The van der Waals surface area contributed by atoms with Crippen LogP contribution in [0.4, 0.5) is 0 Å². The first kappa shape index (κ1) is 15.5. The number of H-pyrrole nitrogens is 1. The van der Waals surface area contributed by atoms with E-state index in [9.17, 15) is 4.79 Å². The highest BCUT2D eigenvalue weighted by atomic mass is 35.5. The number of aromatic amines is 1. The Bertz CT molecular complexity index is 1140. The Morgan fingerprint density at radius 1 is 1.16 bits per heavy atom. The number of hydrogen-bond acceptors (Lipinski definition) is 4. The van der Waals surface area contributed by atoms with Gasteiger partial charge in [0.15, 0.2) is 5.43 Å². The molecule has 0 aromatic carbocycles. The second-order valence-electron chi connectivity index (χ2n) is 5.82. The minimum absolute atomic E-state index is 0.0908. The molecule has 0 spiro atoms. The van der Waals surface area contributed by atoms with Gasteiger partial charge in [-0.25, -0.2) is 9.97 Å². The molecule has 1 N–H and O–H groups in total. The molecule has 0 amide bonds. The number of rotatable bonds is 2. The number of aryl methyl sites for hydroxylation is 2. The van der Waals surface area contributed by atoms with Crippen molar-refractivity contribution in [2.24, 2.45) is 7.05 Å². The van der Waals surface area contributed by atoms with Gasteiger partial charge >= 0.3 is 0 Å². The molecule has 0 saturated carbocycles. The van der Waals surface area contributed by atoms with Gasteiger partial charge in [0.2, 0.25) is 0 Å². The van der Waals surface area contributed by atoms with Gasteiger partial charge in [-0.1, -0.05) is 11.6 Å². The largest absolute Gasteiger partial charge is 0.346 e. The fourth-order valence-corrected chi connectivity index (χ4v) is 3.09. The van der Waals surface area contributed by atoms with Gasteiger partial charge in [-0.05, 0) is 36.8 Å². The van der Waals surface area contributed by atoms with Gasteiger partial charge in [-0.3, -0.25) is 9.48 Å². The zero-order chi connectivity index (χ0) is 17.6. The van der Waals surface area contributed by atoms with Crippen LogP contribution < -0.4 is 5.43 Å². The number of aromatic nitrogens is 5. The van der Waals surface area contributed by atoms with Crippen LogP contribution in [0.5, 0.6) is 0 Å². The maximum atomic E-state index is 12.2. The molecule has 0 radical (unpaired) electrons. The standard InChI is InChI=1S/C18H14ClN5O/c1-10-7-11(8-16(19)21-10)12-9-13-15(25)3-5-20-18(13)22-17(12)14-4-6-24(2)23-14/h3-9H,1-2H3,(H,20,22,25). The van der Waals surface area contributed by atoms with E-state index in [0.29, 0.717) is 21.9 Å². The lowest BCUT2D eigenvalue weighted by molar-refractivity contribution is 0.770. The highest BCUT2D eigenvalue weighted by molar-refractivity contribution is 6.29. The Labute approximate surface area is 148 Å². The molecule has 0 fully saturated rings. The third kappa shape index (κ3) is 2.81. The van der Waals surface area contributed by atoms with Gasteiger partial charge in [0, 0.05) is 36.8 Å². The average molecular weight is 352 g/mol. The summed E-state index contributed by atoms with van der Waals surface area (Å²) in [6, 6.07) is 8.88. The number of hydrogen-bond donors (Lipinski definition) is 1. The molecule has 0 unspecified atom stereocenters. The third-order valence-corrected chi connectivity index (χ3v) is 4.13. The Balaban J connectivity index is 2.09. The van der Waals surface area contributed by atoms with E-state index in [1.54, 1.807) is 16.9 Å². The van der Waals surface area contributed by atoms with Crippen LogP contribution in [0.25, 0.3) is 33.5 Å². The number of nitrogens with one attached hydrogen (secondary N) is 1. The van der Waals surface area contributed by atoms with Gasteiger partial charge in [0.05, 0.1) is 5.39 Å². The summed E-state index contributed by atoms with van der Waals surface area (Å²) in [6.45, 7) is 1.87. The van der Waals surface area contributed by atoms with Crippen molar-refractivity contribution in [1.82, 2.24) is 24.7 Å². The molecule has 4 aromatic heterocycles. The van der Waals surface area contributed by atoms with Gasteiger partial charge in [-0.2, -0.15) is 5.10 Å². The van der Waals surface area contributed by atoms with Crippen molar-refractivity contribution in [2.75, 3.05) is 0 Å². The Morgan fingerprint density at radius 2 is 2.00 bits per heavy atom. The third-order valence-electron chi connectivity index (χ3n) is 3.93. The Morgan fingerprint density at radius 3 is 2.72 bits per heavy atom. The smallest absolute Gasteiger partial charge is 0.191 e. The summed E-state index contributed by atoms with van der Waals surface area (Å²) < 4.78 is 1.71. The number of halogens is 1. The molecule has 0 atom stereocenters. The van der Waals surface area contributed by atoms with E-state index >= 15 is 0 Å². The second-order valence-corrected chi connectivity index (χ2v) is 6.20. The molecule has 124 valence electrons. The van der Waals surface area contributed by atoms with Crippen LogP contribution in [-0.2, 0) is 7.05 Å². The summed E-state index contributed by atoms with van der Waals surface area (Å²) in [6.07, 6.45) is 3.44. The van der Waals surface area contributed by atoms with Gasteiger partial charge < -0.3 is 4.98 Å². The summed E-state index contributed by atoms with van der Waals surface area (Å²) >= 11 is 6.13. The summed E-state index contributed by atoms with van der Waals surface area (Å²) in [7, 11) is 1.85. The minimum Gasteiger partial charge on any atom is -0.346 e. The number of fused-ring (bicyclic) bond motifs is 1. The maximum absolute atomic E-state index is 12.2. The number of pyridine rings is 3. The molecule has 25 heavy (non-hydrogen) atoms. The number of nitrogens with zero attached hydrogens (tertiary/aromatic N) is 4. The fraction of sp³-hybridized carbons (Fsp3) is 0.111. The minimum atomic E-state index is -0.0908. The molecule has 4 aromatic rings. The molecule has 0 saturated heterocycles. The van der Waals surface area contributed by atoms with Crippen LogP contribution in [0, 0.1) is 6.92 Å². The average Bonchev–Trinajstić information content (AvgIpc) is 2.99. The van der Waals surface area contributed by atoms with Crippen LogP contribution in [0.2, 0.25) is 5.15 Å². The first-order valence-electron chi connectivity index (χ1n) is 7.68. The van der Waals surface area contributed by atoms with Crippen LogP contribution in [0.15, 0.2) is 47.5 Å². The van der Waals surface area contributed by atoms with Crippen molar-refractivity contribution in [3.63, 3.8) is 0 Å².